The van der Waals surface area contributed by atoms with Crippen LogP contribution in [0.2, 0.25) is 0 Å². The van der Waals surface area contributed by atoms with Gasteiger partial charge in [-0.3, -0.25) is 9.88 Å². The molecule has 2 bridgehead atoms. The van der Waals surface area contributed by atoms with Gasteiger partial charge in [0.2, 0.25) is 0 Å². The van der Waals surface area contributed by atoms with Gasteiger partial charge in [0.25, 0.3) is 0 Å². The normalized spacial score (nSPS) is 27.4. The molecular formula is C27H32N4. The van der Waals surface area contributed by atoms with E-state index < -0.39 is 5.41 Å². The molecule has 2 fully saturated rings. The van der Waals surface area contributed by atoms with Gasteiger partial charge in [0.15, 0.2) is 0 Å². The Morgan fingerprint density at radius 3 is 2.48 bits per heavy atom. The number of benzene rings is 1. The number of hydrogen-bond acceptors (Lipinski definition) is 4. The Labute approximate surface area is 186 Å². The van der Waals surface area contributed by atoms with Gasteiger partial charge >= 0.3 is 0 Å². The highest BCUT2D eigenvalue weighted by atomic mass is 15.3. The third-order valence-corrected chi connectivity index (χ3v) is 7.13. The molecule has 0 saturated carbocycles. The van der Waals surface area contributed by atoms with Gasteiger partial charge in [0.05, 0.1) is 17.0 Å². The Morgan fingerprint density at radius 2 is 1.90 bits per heavy atom. The maximum atomic E-state index is 10.3. The van der Waals surface area contributed by atoms with Gasteiger partial charge in [0.1, 0.15) is 0 Å². The summed E-state index contributed by atoms with van der Waals surface area (Å²) in [5.41, 5.74) is 2.39. The smallest absolute Gasteiger partial charge is 0.0867 e. The molecule has 1 aromatic heterocycles. The number of nitrogens with zero attached hydrogens (tertiary/aromatic N) is 3. The van der Waals surface area contributed by atoms with Gasteiger partial charge < -0.3 is 5.32 Å². The topological polar surface area (TPSA) is 52.0 Å². The van der Waals surface area contributed by atoms with Gasteiger partial charge in [-0.05, 0) is 49.8 Å². The van der Waals surface area contributed by atoms with Gasteiger partial charge in [-0.2, -0.15) is 5.26 Å². The summed E-state index contributed by atoms with van der Waals surface area (Å²) in [6, 6.07) is 16.6. The molecule has 3 unspecified atom stereocenters. The molecule has 2 aliphatic heterocycles. The second-order valence-corrected chi connectivity index (χ2v) is 9.76. The molecular weight excluding hydrogens is 380 g/mol. The van der Waals surface area contributed by atoms with Crippen molar-refractivity contribution < 1.29 is 0 Å². The number of hydrogen-bond donors (Lipinski definition) is 1. The number of piperidine rings is 1. The molecule has 160 valence electrons. The average molecular weight is 413 g/mol. The Kier molecular flexibility index (Phi) is 5.89. The molecule has 0 aliphatic carbocycles. The molecule has 4 nitrogen and oxygen atoms in total. The second kappa shape index (κ2) is 8.46. The third-order valence-electron chi connectivity index (χ3n) is 7.13. The third kappa shape index (κ3) is 4.11. The Hall–Kier alpha value is -2.66. The van der Waals surface area contributed by atoms with Crippen LogP contribution < -0.4 is 5.32 Å². The minimum absolute atomic E-state index is 0.145. The van der Waals surface area contributed by atoms with Crippen molar-refractivity contribution in [2.24, 2.45) is 0 Å². The number of fused-ring (bicyclic) bond motifs is 2. The van der Waals surface area contributed by atoms with E-state index in [9.17, 15) is 5.26 Å². The molecule has 3 heterocycles. The summed E-state index contributed by atoms with van der Waals surface area (Å²) in [5, 5.41) is 14.1. The zero-order chi connectivity index (χ0) is 22.1. The van der Waals surface area contributed by atoms with Crippen LogP contribution in [-0.2, 0) is 11.0 Å². The van der Waals surface area contributed by atoms with Crippen LogP contribution in [0.1, 0.15) is 63.1 Å². The van der Waals surface area contributed by atoms with E-state index >= 15 is 0 Å². The summed E-state index contributed by atoms with van der Waals surface area (Å²) < 4.78 is 0. The van der Waals surface area contributed by atoms with Crippen LogP contribution in [0.25, 0.3) is 0 Å². The molecule has 0 amide bonds. The van der Waals surface area contributed by atoms with Crippen LogP contribution in [-0.4, -0.2) is 34.6 Å². The van der Waals surface area contributed by atoms with E-state index in [-0.39, 0.29) is 5.54 Å². The number of rotatable bonds is 6. The fourth-order valence-electron chi connectivity index (χ4n) is 5.80. The molecule has 31 heavy (non-hydrogen) atoms. The largest absolute Gasteiger partial charge is 0.304 e. The van der Waals surface area contributed by atoms with Crippen LogP contribution in [0.5, 0.6) is 0 Å². The number of nitriles is 1. The molecule has 1 N–H and O–H groups in total. The highest BCUT2D eigenvalue weighted by Crippen LogP contribution is 2.47. The van der Waals surface area contributed by atoms with Gasteiger partial charge in [-0.1, -0.05) is 50.1 Å². The first-order valence-corrected chi connectivity index (χ1v) is 11.3. The predicted molar refractivity (Wildman–Crippen MR) is 124 cm³/mol. The summed E-state index contributed by atoms with van der Waals surface area (Å²) in [4.78, 5) is 6.99. The lowest BCUT2D eigenvalue weighted by atomic mass is 9.71. The van der Waals surface area contributed by atoms with Gasteiger partial charge in [0, 0.05) is 42.6 Å². The summed E-state index contributed by atoms with van der Waals surface area (Å²) in [5.74, 6) is 2.67. The van der Waals surface area contributed by atoms with Crippen molar-refractivity contribution in [3.63, 3.8) is 0 Å². The van der Waals surface area contributed by atoms with E-state index in [4.69, 9.17) is 6.42 Å². The summed E-state index contributed by atoms with van der Waals surface area (Å²) in [6.07, 6.45) is 13.1. The minimum atomic E-state index is -0.503. The van der Waals surface area contributed by atoms with E-state index in [1.807, 2.05) is 12.3 Å². The summed E-state index contributed by atoms with van der Waals surface area (Å²) in [6.45, 7) is 7.67. The van der Waals surface area contributed by atoms with Crippen molar-refractivity contribution in [2.45, 2.75) is 75.5 Å². The van der Waals surface area contributed by atoms with Gasteiger partial charge in [-0.15, -0.1) is 6.42 Å². The molecule has 4 rings (SSSR count). The van der Waals surface area contributed by atoms with Crippen LogP contribution >= 0.6 is 0 Å². The van der Waals surface area contributed by atoms with E-state index in [1.165, 1.54) is 5.56 Å². The Bertz CT molecular complexity index is 986. The first kappa shape index (κ1) is 21.6. The number of nitrogens with one attached hydrogen (secondary N) is 1. The van der Waals surface area contributed by atoms with E-state index in [2.05, 4.69) is 78.3 Å². The minimum Gasteiger partial charge on any atom is -0.304 e. The van der Waals surface area contributed by atoms with E-state index in [1.54, 1.807) is 6.20 Å². The van der Waals surface area contributed by atoms with Crippen molar-refractivity contribution in [2.75, 3.05) is 6.54 Å². The first-order chi connectivity index (χ1) is 14.9. The maximum absolute atomic E-state index is 10.3. The fourth-order valence-corrected chi connectivity index (χ4v) is 5.80. The van der Waals surface area contributed by atoms with Crippen molar-refractivity contribution in [3.8, 4) is 18.4 Å². The molecule has 2 aromatic rings. The number of aromatic nitrogens is 1. The lowest BCUT2D eigenvalue weighted by Crippen LogP contribution is -2.57. The standard InChI is InChI=1S/C27H32N4/c1-5-21-13-23(17-29-16-21)27(18-28)14-24-11-12-25(15-27)31(24)19-26(4,30-20(2)3)22-9-7-6-8-10-22/h1,6-10,13,16-17,20,24-25,30H,11-12,14-15,19H2,2-4H3. The lowest BCUT2D eigenvalue weighted by Gasteiger charge is -2.47. The fraction of sp³-hybridized carbons (Fsp3) is 0.481. The average Bonchev–Trinajstić information content (AvgIpc) is 3.01. The predicted octanol–water partition coefficient (Wildman–Crippen LogP) is 4.36. The first-order valence-electron chi connectivity index (χ1n) is 11.3. The molecule has 0 radical (unpaired) electrons. The number of terminal acetylenes is 1. The Morgan fingerprint density at radius 1 is 1.23 bits per heavy atom. The van der Waals surface area contributed by atoms with Crippen molar-refractivity contribution >= 4 is 0 Å². The Balaban J connectivity index is 1.62. The van der Waals surface area contributed by atoms with Crippen LogP contribution in [0.3, 0.4) is 0 Å². The summed E-state index contributed by atoms with van der Waals surface area (Å²) in [7, 11) is 0. The molecule has 3 atom stereocenters. The van der Waals surface area contributed by atoms with E-state index in [0.29, 0.717) is 18.1 Å². The number of pyridine rings is 1. The van der Waals surface area contributed by atoms with Crippen LogP contribution in [0, 0.1) is 23.7 Å². The zero-order valence-corrected chi connectivity index (χ0v) is 18.8. The zero-order valence-electron chi connectivity index (χ0n) is 18.8. The van der Waals surface area contributed by atoms with Crippen LogP contribution in [0.15, 0.2) is 48.8 Å². The molecule has 2 aliphatic rings. The lowest BCUT2D eigenvalue weighted by molar-refractivity contribution is 0.0694. The summed E-state index contributed by atoms with van der Waals surface area (Å²) >= 11 is 0. The highest BCUT2D eigenvalue weighted by Gasteiger charge is 2.51. The van der Waals surface area contributed by atoms with Gasteiger partial charge in [-0.25, -0.2) is 0 Å². The van der Waals surface area contributed by atoms with E-state index in [0.717, 1.165) is 43.4 Å². The SMILES string of the molecule is C#Cc1cncc(C2(C#N)CC3CCC(C2)N3CC(C)(NC(C)C)c2ccccc2)c1. The van der Waals surface area contributed by atoms with Crippen molar-refractivity contribution in [1.82, 2.24) is 15.2 Å². The van der Waals surface area contributed by atoms with Crippen molar-refractivity contribution in [3.05, 3.63) is 65.5 Å². The molecule has 1 aromatic carbocycles. The highest BCUT2D eigenvalue weighted by molar-refractivity contribution is 5.40. The molecule has 2 saturated heterocycles. The monoisotopic (exact) mass is 412 g/mol. The van der Waals surface area contributed by atoms with Crippen molar-refractivity contribution in [1.29, 1.82) is 5.26 Å². The van der Waals surface area contributed by atoms with Crippen LogP contribution in [0.4, 0.5) is 0 Å². The quantitative estimate of drug-likeness (QED) is 0.716. The second-order valence-electron chi connectivity index (χ2n) is 9.76. The molecule has 0 spiro atoms. The maximum Gasteiger partial charge on any atom is 0.0867 e. The molecule has 4 heteroatoms.